The van der Waals surface area contributed by atoms with Gasteiger partial charge in [-0.2, -0.15) is 0 Å². The zero-order valence-electron chi connectivity index (χ0n) is 20.3. The summed E-state index contributed by atoms with van der Waals surface area (Å²) in [5, 5.41) is 0. The van der Waals surface area contributed by atoms with Crippen LogP contribution in [0.15, 0.2) is 41.3 Å². The van der Waals surface area contributed by atoms with Gasteiger partial charge in [-0.3, -0.25) is 4.79 Å². The van der Waals surface area contributed by atoms with Crippen molar-refractivity contribution >= 4 is 15.9 Å². The molecule has 0 bridgehead atoms. The van der Waals surface area contributed by atoms with Crippen molar-refractivity contribution in [3.8, 4) is 17.2 Å². The third-order valence-electron chi connectivity index (χ3n) is 5.66. The lowest BCUT2D eigenvalue weighted by molar-refractivity contribution is 0.0758. The number of nitrogens with zero attached hydrogens (tertiary/aromatic N) is 1. The van der Waals surface area contributed by atoms with E-state index in [1.807, 2.05) is 13.8 Å². The van der Waals surface area contributed by atoms with Crippen molar-refractivity contribution in [1.82, 2.24) is 9.62 Å². The van der Waals surface area contributed by atoms with Gasteiger partial charge >= 0.3 is 0 Å². The minimum Gasteiger partial charge on any atom is -0.496 e. The van der Waals surface area contributed by atoms with Gasteiger partial charge in [0.05, 0.1) is 30.8 Å². The van der Waals surface area contributed by atoms with Gasteiger partial charge in [0.2, 0.25) is 10.0 Å². The molecule has 1 amide bonds. The Morgan fingerprint density at radius 3 is 2.21 bits per heavy atom. The van der Waals surface area contributed by atoms with Crippen molar-refractivity contribution in [3.05, 3.63) is 47.5 Å². The van der Waals surface area contributed by atoms with E-state index in [1.54, 1.807) is 23.1 Å². The predicted octanol–water partition coefficient (Wildman–Crippen LogP) is 3.99. The predicted molar refractivity (Wildman–Crippen MR) is 130 cm³/mol. The summed E-state index contributed by atoms with van der Waals surface area (Å²) in [4.78, 5) is 15.0. The van der Waals surface area contributed by atoms with Crippen molar-refractivity contribution in [2.45, 2.75) is 57.1 Å². The summed E-state index contributed by atoms with van der Waals surface area (Å²) in [5.41, 5.74) is 0.968. The van der Waals surface area contributed by atoms with Crippen LogP contribution in [0.3, 0.4) is 0 Å². The Hall–Kier alpha value is -2.78. The maximum absolute atomic E-state index is 13.2. The molecule has 2 aromatic carbocycles. The number of hydrogen-bond donors (Lipinski definition) is 1. The molecular formula is C25H34N2O6S. The number of nitrogens with one attached hydrogen (secondary N) is 1. The van der Waals surface area contributed by atoms with Crippen LogP contribution in [0.4, 0.5) is 0 Å². The lowest BCUT2D eigenvalue weighted by atomic mass is 10.1. The van der Waals surface area contributed by atoms with Gasteiger partial charge in [-0.15, -0.1) is 0 Å². The van der Waals surface area contributed by atoms with Crippen molar-refractivity contribution in [1.29, 1.82) is 0 Å². The fourth-order valence-corrected chi connectivity index (χ4v) is 4.94. The molecule has 1 aliphatic rings. The Morgan fingerprint density at radius 1 is 0.941 bits per heavy atom. The average molecular weight is 491 g/mol. The molecular weight excluding hydrogens is 456 g/mol. The Bertz CT molecular complexity index is 1090. The van der Waals surface area contributed by atoms with Crippen LogP contribution >= 0.6 is 0 Å². The van der Waals surface area contributed by atoms with Crippen LogP contribution in [0.5, 0.6) is 17.2 Å². The standard InChI is InChI=1S/C25H34N2O6S/c1-18(2)33-23-11-9-19(15-24(23)32-4)17-26-34(29,30)20-10-12-22(31-3)21(16-20)25(28)27-13-7-5-6-8-14-27/h9-12,15-16,18,26H,5-8,13-14,17H2,1-4H3. The fraction of sp³-hybridized carbons (Fsp3) is 0.480. The van der Waals surface area contributed by atoms with Gasteiger partial charge in [-0.05, 0) is 62.6 Å². The summed E-state index contributed by atoms with van der Waals surface area (Å²) in [6.45, 7) is 5.22. The second-order valence-corrected chi connectivity index (χ2v) is 10.3. The van der Waals surface area contributed by atoms with E-state index in [4.69, 9.17) is 14.2 Å². The molecule has 1 N–H and O–H groups in total. The number of ether oxygens (including phenoxy) is 3. The first-order valence-electron chi connectivity index (χ1n) is 11.6. The lowest BCUT2D eigenvalue weighted by Crippen LogP contribution is -2.32. The minimum atomic E-state index is -3.87. The number of rotatable bonds is 9. The lowest BCUT2D eigenvalue weighted by Gasteiger charge is -2.22. The monoisotopic (exact) mass is 490 g/mol. The summed E-state index contributed by atoms with van der Waals surface area (Å²) in [7, 11) is -0.863. The third kappa shape index (κ3) is 6.42. The number of carbonyl (C=O) groups is 1. The summed E-state index contributed by atoms with van der Waals surface area (Å²) in [6, 6.07) is 9.65. The number of benzene rings is 2. The molecule has 186 valence electrons. The van der Waals surface area contributed by atoms with Gasteiger partial charge in [0, 0.05) is 19.6 Å². The Kier molecular flexibility index (Phi) is 8.79. The smallest absolute Gasteiger partial charge is 0.257 e. The molecule has 2 aromatic rings. The Morgan fingerprint density at radius 2 is 1.59 bits per heavy atom. The third-order valence-corrected chi connectivity index (χ3v) is 7.06. The molecule has 0 spiro atoms. The molecule has 3 rings (SSSR count). The van der Waals surface area contributed by atoms with E-state index in [0.29, 0.717) is 35.9 Å². The molecule has 34 heavy (non-hydrogen) atoms. The van der Waals surface area contributed by atoms with E-state index in [1.165, 1.54) is 32.4 Å². The molecule has 1 aliphatic heterocycles. The van der Waals surface area contributed by atoms with Crippen LogP contribution in [-0.2, 0) is 16.6 Å². The van der Waals surface area contributed by atoms with Gasteiger partial charge in [0.15, 0.2) is 11.5 Å². The molecule has 0 atom stereocenters. The molecule has 0 radical (unpaired) electrons. The van der Waals surface area contributed by atoms with E-state index >= 15 is 0 Å². The first kappa shape index (κ1) is 25.8. The molecule has 1 saturated heterocycles. The van der Waals surface area contributed by atoms with E-state index < -0.39 is 10.0 Å². The van der Waals surface area contributed by atoms with Crippen LogP contribution in [0.25, 0.3) is 0 Å². The summed E-state index contributed by atoms with van der Waals surface area (Å²) < 4.78 is 45.1. The van der Waals surface area contributed by atoms with E-state index in [-0.39, 0.29) is 29.0 Å². The van der Waals surface area contributed by atoms with Crippen molar-refractivity contribution in [2.75, 3.05) is 27.3 Å². The first-order valence-corrected chi connectivity index (χ1v) is 13.0. The molecule has 1 heterocycles. The molecule has 0 saturated carbocycles. The van der Waals surface area contributed by atoms with Crippen LogP contribution in [0, 0.1) is 0 Å². The maximum atomic E-state index is 13.2. The van der Waals surface area contributed by atoms with Gasteiger partial charge in [-0.25, -0.2) is 13.1 Å². The van der Waals surface area contributed by atoms with Gasteiger partial charge in [-0.1, -0.05) is 18.9 Å². The van der Waals surface area contributed by atoms with Crippen molar-refractivity contribution < 1.29 is 27.4 Å². The quantitative estimate of drug-likeness (QED) is 0.571. The van der Waals surface area contributed by atoms with E-state index in [9.17, 15) is 13.2 Å². The number of amides is 1. The van der Waals surface area contributed by atoms with Crippen LogP contribution in [-0.4, -0.2) is 52.6 Å². The number of methoxy groups -OCH3 is 2. The summed E-state index contributed by atoms with van der Waals surface area (Å²) in [6.07, 6.45) is 4.05. The molecule has 8 nitrogen and oxygen atoms in total. The van der Waals surface area contributed by atoms with Gasteiger partial charge in [0.25, 0.3) is 5.91 Å². The fourth-order valence-electron chi connectivity index (χ4n) is 3.90. The minimum absolute atomic E-state index is 0.0122. The van der Waals surface area contributed by atoms with E-state index in [0.717, 1.165) is 25.7 Å². The van der Waals surface area contributed by atoms with Crippen LogP contribution < -0.4 is 18.9 Å². The second-order valence-electron chi connectivity index (χ2n) is 8.54. The van der Waals surface area contributed by atoms with Crippen molar-refractivity contribution in [2.24, 2.45) is 0 Å². The highest BCUT2D eigenvalue weighted by atomic mass is 32.2. The second kappa shape index (κ2) is 11.6. The Labute approximate surface area is 202 Å². The SMILES string of the molecule is COc1cc(CNS(=O)(=O)c2ccc(OC)c(C(=O)N3CCCCCC3)c2)ccc1OC(C)C. The molecule has 0 aromatic heterocycles. The van der Waals surface area contributed by atoms with Crippen LogP contribution in [0.1, 0.15) is 55.5 Å². The van der Waals surface area contributed by atoms with E-state index in [2.05, 4.69) is 4.72 Å². The molecule has 9 heteroatoms. The maximum Gasteiger partial charge on any atom is 0.257 e. The normalized spacial score (nSPS) is 14.6. The zero-order valence-corrected chi connectivity index (χ0v) is 21.1. The number of hydrogen-bond acceptors (Lipinski definition) is 6. The van der Waals surface area contributed by atoms with Gasteiger partial charge < -0.3 is 19.1 Å². The first-order chi connectivity index (χ1) is 16.2. The highest BCUT2D eigenvalue weighted by molar-refractivity contribution is 7.89. The highest BCUT2D eigenvalue weighted by Crippen LogP contribution is 2.29. The molecule has 0 aliphatic carbocycles. The largest absolute Gasteiger partial charge is 0.496 e. The average Bonchev–Trinajstić information content (AvgIpc) is 3.12. The number of likely N-dealkylation sites (tertiary alicyclic amines) is 1. The Balaban J connectivity index is 1.79. The summed E-state index contributed by atoms with van der Waals surface area (Å²) in [5.74, 6) is 1.27. The summed E-state index contributed by atoms with van der Waals surface area (Å²) >= 11 is 0. The topological polar surface area (TPSA) is 94.2 Å². The van der Waals surface area contributed by atoms with Gasteiger partial charge in [0.1, 0.15) is 5.75 Å². The highest BCUT2D eigenvalue weighted by Gasteiger charge is 2.24. The molecule has 1 fully saturated rings. The van der Waals surface area contributed by atoms with Crippen LogP contribution in [0.2, 0.25) is 0 Å². The number of sulfonamides is 1. The van der Waals surface area contributed by atoms with Crippen molar-refractivity contribution in [3.63, 3.8) is 0 Å². The zero-order chi connectivity index (χ0) is 24.7. The molecule has 0 unspecified atom stereocenters. The number of carbonyl (C=O) groups excluding carboxylic acids is 1.